The van der Waals surface area contributed by atoms with Gasteiger partial charge in [0.1, 0.15) is 5.75 Å². The molecule has 1 aromatic heterocycles. The topological polar surface area (TPSA) is 29.5 Å². The van der Waals surface area contributed by atoms with Crippen molar-refractivity contribution < 1.29 is 9.84 Å². The first-order valence-electron chi connectivity index (χ1n) is 6.94. The normalized spacial score (nSPS) is 10.8. The Labute approximate surface area is 148 Å². The van der Waals surface area contributed by atoms with E-state index in [1.807, 2.05) is 41.8 Å². The lowest BCUT2D eigenvalue weighted by Crippen LogP contribution is -1.90. The van der Waals surface area contributed by atoms with Crippen LogP contribution in [0.1, 0.15) is 4.88 Å². The van der Waals surface area contributed by atoms with Crippen molar-refractivity contribution in [3.8, 4) is 28.0 Å². The van der Waals surface area contributed by atoms with Crippen LogP contribution in [-0.2, 0) is 6.61 Å². The summed E-state index contributed by atoms with van der Waals surface area (Å²) >= 11 is 13.7. The number of hydrogen-bond donors (Lipinski definition) is 1. The van der Waals surface area contributed by atoms with Crippen LogP contribution in [0.2, 0.25) is 10.0 Å². The second kappa shape index (κ2) is 6.93. The summed E-state index contributed by atoms with van der Waals surface area (Å²) in [7, 11) is 1.63. The molecule has 0 atom stereocenters. The third-order valence-corrected chi connectivity index (χ3v) is 4.92. The smallest absolute Gasteiger partial charge is 0.127 e. The van der Waals surface area contributed by atoms with Crippen molar-refractivity contribution in [2.24, 2.45) is 0 Å². The third-order valence-electron chi connectivity index (χ3n) is 3.58. The molecule has 3 aromatic rings. The van der Waals surface area contributed by atoms with E-state index < -0.39 is 0 Å². The quantitative estimate of drug-likeness (QED) is 0.625. The molecule has 2 aromatic carbocycles. The molecule has 0 bridgehead atoms. The maximum Gasteiger partial charge on any atom is 0.127 e. The molecule has 0 fully saturated rings. The number of aliphatic hydroxyl groups excluding tert-OH is 1. The molecular weight excluding hydrogens is 351 g/mol. The van der Waals surface area contributed by atoms with Crippen LogP contribution in [0.25, 0.3) is 22.3 Å². The molecular formula is C18H14Cl2O2S. The van der Waals surface area contributed by atoms with E-state index in [9.17, 15) is 5.11 Å². The van der Waals surface area contributed by atoms with Crippen LogP contribution in [0.4, 0.5) is 0 Å². The van der Waals surface area contributed by atoms with Crippen LogP contribution < -0.4 is 4.74 Å². The van der Waals surface area contributed by atoms with E-state index in [0.29, 0.717) is 10.0 Å². The fraction of sp³-hybridized carbons (Fsp3) is 0.111. The van der Waals surface area contributed by atoms with Gasteiger partial charge in [0.05, 0.1) is 13.7 Å². The highest BCUT2D eigenvalue weighted by Crippen LogP contribution is 2.38. The highest BCUT2D eigenvalue weighted by atomic mass is 35.5. The van der Waals surface area contributed by atoms with Crippen molar-refractivity contribution in [2.45, 2.75) is 6.61 Å². The maximum atomic E-state index is 9.44. The summed E-state index contributed by atoms with van der Waals surface area (Å²) in [6, 6.07) is 13.4. The van der Waals surface area contributed by atoms with Gasteiger partial charge in [-0.3, -0.25) is 0 Å². The van der Waals surface area contributed by atoms with Gasteiger partial charge < -0.3 is 9.84 Å². The van der Waals surface area contributed by atoms with E-state index in [2.05, 4.69) is 0 Å². The zero-order valence-corrected chi connectivity index (χ0v) is 14.7. The summed E-state index contributed by atoms with van der Waals surface area (Å²) in [5.74, 6) is 0.732. The number of aliphatic hydroxyl groups is 1. The Balaban J connectivity index is 2.10. The van der Waals surface area contributed by atoms with E-state index in [0.717, 1.165) is 32.9 Å². The Morgan fingerprint density at radius 3 is 2.35 bits per heavy atom. The molecule has 0 spiro atoms. The Morgan fingerprint density at radius 1 is 0.957 bits per heavy atom. The van der Waals surface area contributed by atoms with Crippen LogP contribution in [-0.4, -0.2) is 12.2 Å². The van der Waals surface area contributed by atoms with Crippen molar-refractivity contribution in [3.05, 3.63) is 62.8 Å². The highest BCUT2D eigenvalue weighted by Gasteiger charge is 2.12. The first-order valence-corrected chi connectivity index (χ1v) is 8.58. The average Bonchev–Trinajstić information content (AvgIpc) is 3.02. The standard InChI is InChI=1S/C18H14Cl2O2S/c1-22-17-8-11(16-4-5-23-18(16)10-21)2-3-15(17)12-6-13(19)9-14(20)7-12/h2-9,21H,10H2,1H3. The van der Waals surface area contributed by atoms with E-state index in [1.165, 1.54) is 11.3 Å². The summed E-state index contributed by atoms with van der Waals surface area (Å²) < 4.78 is 5.55. The fourth-order valence-electron chi connectivity index (χ4n) is 2.53. The van der Waals surface area contributed by atoms with Crippen LogP contribution >= 0.6 is 34.5 Å². The Morgan fingerprint density at radius 2 is 1.70 bits per heavy atom. The van der Waals surface area contributed by atoms with Crippen LogP contribution in [0, 0.1) is 0 Å². The molecule has 2 nitrogen and oxygen atoms in total. The Bertz CT molecular complexity index is 823. The zero-order chi connectivity index (χ0) is 16.4. The Kier molecular flexibility index (Phi) is 4.93. The van der Waals surface area contributed by atoms with Gasteiger partial charge in [-0.05, 0) is 52.4 Å². The highest BCUT2D eigenvalue weighted by molar-refractivity contribution is 7.10. The summed E-state index contributed by atoms with van der Waals surface area (Å²) in [4.78, 5) is 0.936. The van der Waals surface area contributed by atoms with E-state index in [1.54, 1.807) is 13.2 Å². The number of halogens is 2. The maximum absolute atomic E-state index is 9.44. The van der Waals surface area contributed by atoms with Crippen molar-refractivity contribution in [1.82, 2.24) is 0 Å². The molecule has 1 N–H and O–H groups in total. The van der Waals surface area contributed by atoms with Gasteiger partial charge in [-0.15, -0.1) is 11.3 Å². The third kappa shape index (κ3) is 3.38. The first-order chi connectivity index (χ1) is 11.1. The molecule has 0 aliphatic carbocycles. The van der Waals surface area contributed by atoms with Gasteiger partial charge >= 0.3 is 0 Å². The monoisotopic (exact) mass is 364 g/mol. The van der Waals surface area contributed by atoms with Gasteiger partial charge in [-0.25, -0.2) is 0 Å². The second-order valence-corrected chi connectivity index (χ2v) is 6.86. The SMILES string of the molecule is COc1cc(-c2ccsc2CO)ccc1-c1cc(Cl)cc(Cl)c1. The fourth-order valence-corrected chi connectivity index (χ4v) is 3.81. The van der Waals surface area contributed by atoms with Gasteiger partial charge in [0.2, 0.25) is 0 Å². The summed E-state index contributed by atoms with van der Waals surface area (Å²) in [6.45, 7) is 0.0287. The lowest BCUT2D eigenvalue weighted by molar-refractivity contribution is 0.286. The summed E-state index contributed by atoms with van der Waals surface area (Å²) in [6.07, 6.45) is 0. The molecule has 0 unspecified atom stereocenters. The number of hydrogen-bond acceptors (Lipinski definition) is 3. The second-order valence-electron chi connectivity index (χ2n) is 4.99. The van der Waals surface area contributed by atoms with Gasteiger partial charge in [0.25, 0.3) is 0 Å². The average molecular weight is 365 g/mol. The first kappa shape index (κ1) is 16.3. The van der Waals surface area contributed by atoms with Crippen molar-refractivity contribution in [2.75, 3.05) is 7.11 Å². The van der Waals surface area contributed by atoms with Crippen molar-refractivity contribution >= 4 is 34.5 Å². The Hall–Kier alpha value is -1.52. The lowest BCUT2D eigenvalue weighted by atomic mass is 9.99. The predicted molar refractivity (Wildman–Crippen MR) is 97.7 cm³/mol. The van der Waals surface area contributed by atoms with Gasteiger partial charge in [0.15, 0.2) is 0 Å². The van der Waals surface area contributed by atoms with Crippen LogP contribution in [0.3, 0.4) is 0 Å². The van der Waals surface area contributed by atoms with E-state index >= 15 is 0 Å². The van der Waals surface area contributed by atoms with Gasteiger partial charge in [-0.2, -0.15) is 0 Å². The molecule has 0 radical (unpaired) electrons. The minimum absolute atomic E-state index is 0.0287. The number of methoxy groups -OCH3 is 1. The molecule has 1 heterocycles. The number of thiophene rings is 1. The zero-order valence-electron chi connectivity index (χ0n) is 12.3. The molecule has 0 aliphatic rings. The van der Waals surface area contributed by atoms with E-state index in [-0.39, 0.29) is 6.61 Å². The lowest BCUT2D eigenvalue weighted by Gasteiger charge is -2.12. The molecule has 0 saturated heterocycles. The number of rotatable bonds is 4. The molecule has 23 heavy (non-hydrogen) atoms. The molecule has 0 aliphatic heterocycles. The van der Waals surface area contributed by atoms with Crippen molar-refractivity contribution in [3.63, 3.8) is 0 Å². The molecule has 5 heteroatoms. The summed E-state index contributed by atoms with van der Waals surface area (Å²) in [5.41, 5.74) is 3.84. The van der Waals surface area contributed by atoms with Crippen LogP contribution in [0.5, 0.6) is 5.75 Å². The minimum atomic E-state index is 0.0287. The molecule has 0 saturated carbocycles. The van der Waals surface area contributed by atoms with Crippen molar-refractivity contribution in [1.29, 1.82) is 0 Å². The van der Waals surface area contributed by atoms with Gasteiger partial charge in [0, 0.05) is 20.5 Å². The van der Waals surface area contributed by atoms with Gasteiger partial charge in [-0.1, -0.05) is 35.3 Å². The largest absolute Gasteiger partial charge is 0.496 e. The minimum Gasteiger partial charge on any atom is -0.496 e. The number of benzene rings is 2. The number of ether oxygens (including phenoxy) is 1. The summed E-state index contributed by atoms with van der Waals surface area (Å²) in [5, 5.41) is 12.6. The van der Waals surface area contributed by atoms with E-state index in [4.69, 9.17) is 27.9 Å². The molecule has 3 rings (SSSR count). The van der Waals surface area contributed by atoms with Crippen LogP contribution in [0.15, 0.2) is 47.8 Å². The molecule has 118 valence electrons. The molecule has 0 amide bonds. The predicted octanol–water partition coefficient (Wildman–Crippen LogP) is 5.89.